The third kappa shape index (κ3) is 3.11. The summed E-state index contributed by atoms with van der Waals surface area (Å²) in [6.07, 6.45) is 1.11. The molecule has 10 heteroatoms. The van der Waals surface area contributed by atoms with Crippen LogP contribution in [-0.2, 0) is 11.3 Å². The number of fused-ring (bicyclic) bond motifs is 2. The number of hydrogen-bond acceptors (Lipinski definition) is 7. The van der Waals surface area contributed by atoms with Crippen LogP contribution in [0.5, 0.6) is 0 Å². The van der Waals surface area contributed by atoms with E-state index >= 15 is 0 Å². The number of pyridine rings is 1. The molecule has 1 fully saturated rings. The Morgan fingerprint density at radius 2 is 1.97 bits per heavy atom. The van der Waals surface area contributed by atoms with E-state index in [-0.39, 0.29) is 5.91 Å². The number of carbonyl (C=O) groups is 2. The van der Waals surface area contributed by atoms with Gasteiger partial charge in [-0.3, -0.25) is 10.1 Å². The number of aliphatic imine (C=N–C) groups is 1. The number of aromatic amines is 1. The molecule has 1 saturated heterocycles. The van der Waals surface area contributed by atoms with Gasteiger partial charge in [0.25, 0.3) is 5.91 Å². The smallest absolute Gasteiger partial charge is 0.325 e. The topological polar surface area (TPSA) is 107 Å². The molecule has 2 atom stereocenters. The number of amidine groups is 1. The summed E-state index contributed by atoms with van der Waals surface area (Å²) in [6, 6.07) is 12.5. The molecule has 146 valence electrons. The molecule has 5 rings (SSSR count). The van der Waals surface area contributed by atoms with E-state index in [0.717, 1.165) is 11.1 Å². The number of imide groups is 1. The first-order valence-electron chi connectivity index (χ1n) is 9.05. The Balaban J connectivity index is 1.50. The van der Waals surface area contributed by atoms with Gasteiger partial charge in [-0.05, 0) is 29.5 Å². The highest BCUT2D eigenvalue weighted by Gasteiger charge is 2.48. The molecule has 3 amide bonds. The zero-order valence-corrected chi connectivity index (χ0v) is 16.3. The molecular weight excluding hydrogens is 390 g/mol. The van der Waals surface area contributed by atoms with Crippen LogP contribution in [-0.4, -0.2) is 61.1 Å². The standard InChI is InChI=1S/C19H17N7O2S/c1-25-15-13(16(27)24-18(25)28)26(10-11-6-3-2-4-7-11)19(23-15)29-17-21-12-8-5-9-20-14(12)22-17/h2-9,13,15H,10H2,1H3,(H,20,21,22)(H,24,27,28). The summed E-state index contributed by atoms with van der Waals surface area (Å²) in [4.78, 5) is 44.8. The van der Waals surface area contributed by atoms with Gasteiger partial charge in [0.15, 0.2) is 28.2 Å². The predicted octanol–water partition coefficient (Wildman–Crippen LogP) is 1.80. The van der Waals surface area contributed by atoms with Crippen molar-refractivity contribution in [2.45, 2.75) is 23.9 Å². The van der Waals surface area contributed by atoms with Gasteiger partial charge >= 0.3 is 6.03 Å². The Morgan fingerprint density at radius 3 is 2.76 bits per heavy atom. The molecule has 2 aliphatic rings. The van der Waals surface area contributed by atoms with Gasteiger partial charge in [0.2, 0.25) is 0 Å². The molecule has 2 N–H and O–H groups in total. The van der Waals surface area contributed by atoms with Crippen LogP contribution in [0, 0.1) is 0 Å². The predicted molar refractivity (Wildman–Crippen MR) is 108 cm³/mol. The average Bonchev–Trinajstić information content (AvgIpc) is 3.29. The third-order valence-corrected chi connectivity index (χ3v) is 5.85. The maximum Gasteiger partial charge on any atom is 0.325 e. The van der Waals surface area contributed by atoms with Crippen molar-refractivity contribution >= 4 is 40.0 Å². The molecule has 0 bridgehead atoms. The minimum Gasteiger partial charge on any atom is -0.331 e. The van der Waals surface area contributed by atoms with Gasteiger partial charge in [0, 0.05) is 19.8 Å². The van der Waals surface area contributed by atoms with Crippen molar-refractivity contribution in [3.8, 4) is 0 Å². The number of urea groups is 1. The normalized spacial score (nSPS) is 21.3. The molecule has 2 unspecified atom stereocenters. The fourth-order valence-corrected chi connectivity index (χ4v) is 4.41. The van der Waals surface area contributed by atoms with Crippen LogP contribution in [0.4, 0.5) is 4.79 Å². The molecule has 2 aliphatic heterocycles. The maximum absolute atomic E-state index is 12.7. The van der Waals surface area contributed by atoms with Crippen LogP contribution in [0.15, 0.2) is 58.8 Å². The van der Waals surface area contributed by atoms with E-state index in [1.165, 1.54) is 16.7 Å². The fraction of sp³-hybridized carbons (Fsp3) is 0.211. The Morgan fingerprint density at radius 1 is 1.14 bits per heavy atom. The number of nitrogens with one attached hydrogen (secondary N) is 2. The Labute approximate surface area is 170 Å². The summed E-state index contributed by atoms with van der Waals surface area (Å²) >= 11 is 1.33. The van der Waals surface area contributed by atoms with Gasteiger partial charge < -0.3 is 14.8 Å². The molecule has 0 aliphatic carbocycles. The van der Waals surface area contributed by atoms with E-state index in [1.807, 2.05) is 47.4 Å². The molecule has 9 nitrogen and oxygen atoms in total. The number of hydrogen-bond donors (Lipinski definition) is 2. The number of likely N-dealkylation sites (N-methyl/N-ethyl adjacent to an activating group) is 1. The first-order valence-corrected chi connectivity index (χ1v) is 9.86. The summed E-state index contributed by atoms with van der Waals surface area (Å²) in [5, 5.41) is 3.67. The van der Waals surface area contributed by atoms with Gasteiger partial charge in [-0.1, -0.05) is 30.3 Å². The molecule has 0 spiro atoms. The van der Waals surface area contributed by atoms with Gasteiger partial charge in [0.1, 0.15) is 0 Å². The van der Waals surface area contributed by atoms with Crippen LogP contribution in [0.1, 0.15) is 5.56 Å². The van der Waals surface area contributed by atoms with Crippen molar-refractivity contribution in [3.63, 3.8) is 0 Å². The van der Waals surface area contributed by atoms with Crippen molar-refractivity contribution in [2.24, 2.45) is 4.99 Å². The second-order valence-corrected chi connectivity index (χ2v) is 7.76. The lowest BCUT2D eigenvalue weighted by Crippen LogP contribution is -2.63. The van der Waals surface area contributed by atoms with E-state index in [9.17, 15) is 9.59 Å². The molecule has 4 heterocycles. The molecule has 2 aromatic heterocycles. The van der Waals surface area contributed by atoms with E-state index in [2.05, 4.69) is 20.3 Å². The Kier molecular flexibility index (Phi) is 4.20. The Hall–Kier alpha value is -3.40. The third-order valence-electron chi connectivity index (χ3n) is 4.94. The number of carbonyl (C=O) groups excluding carboxylic acids is 2. The lowest BCUT2D eigenvalue weighted by atomic mass is 10.1. The highest BCUT2D eigenvalue weighted by molar-refractivity contribution is 8.13. The van der Waals surface area contributed by atoms with E-state index < -0.39 is 18.2 Å². The van der Waals surface area contributed by atoms with Crippen LogP contribution in [0.25, 0.3) is 11.2 Å². The summed E-state index contributed by atoms with van der Waals surface area (Å²) in [5.74, 6) is -0.348. The molecule has 0 radical (unpaired) electrons. The van der Waals surface area contributed by atoms with Gasteiger partial charge in [-0.2, -0.15) is 0 Å². The van der Waals surface area contributed by atoms with Crippen molar-refractivity contribution in [2.75, 3.05) is 7.05 Å². The van der Waals surface area contributed by atoms with Crippen molar-refractivity contribution < 1.29 is 9.59 Å². The molecule has 29 heavy (non-hydrogen) atoms. The second-order valence-electron chi connectivity index (χ2n) is 6.81. The van der Waals surface area contributed by atoms with Gasteiger partial charge in [0.05, 0.1) is 5.52 Å². The largest absolute Gasteiger partial charge is 0.331 e. The van der Waals surface area contributed by atoms with Crippen LogP contribution >= 0.6 is 11.8 Å². The molecule has 3 aromatic rings. The van der Waals surface area contributed by atoms with Crippen LogP contribution < -0.4 is 5.32 Å². The van der Waals surface area contributed by atoms with Gasteiger partial charge in [-0.25, -0.2) is 19.8 Å². The average molecular weight is 407 g/mol. The van der Waals surface area contributed by atoms with Crippen LogP contribution in [0.3, 0.4) is 0 Å². The molecule has 0 saturated carbocycles. The van der Waals surface area contributed by atoms with Crippen molar-refractivity contribution in [3.05, 3.63) is 54.2 Å². The number of thioether (sulfide) groups is 1. The van der Waals surface area contributed by atoms with Crippen LogP contribution in [0.2, 0.25) is 0 Å². The zero-order valence-electron chi connectivity index (χ0n) is 15.4. The summed E-state index contributed by atoms with van der Waals surface area (Å²) < 4.78 is 0. The van der Waals surface area contributed by atoms with Gasteiger partial charge in [-0.15, -0.1) is 0 Å². The minimum atomic E-state index is -0.595. The number of benzene rings is 1. The highest BCUT2D eigenvalue weighted by atomic mass is 32.2. The number of H-pyrrole nitrogens is 1. The van der Waals surface area contributed by atoms with E-state index in [0.29, 0.717) is 22.5 Å². The van der Waals surface area contributed by atoms with E-state index in [1.54, 1.807) is 13.2 Å². The summed E-state index contributed by atoms with van der Waals surface area (Å²) in [6.45, 7) is 0.488. The first kappa shape index (κ1) is 17.7. The molecule has 1 aromatic carbocycles. The van der Waals surface area contributed by atoms with Crippen molar-refractivity contribution in [1.29, 1.82) is 0 Å². The number of aromatic nitrogens is 3. The second kappa shape index (κ2) is 6.89. The zero-order chi connectivity index (χ0) is 20.0. The summed E-state index contributed by atoms with van der Waals surface area (Å²) in [7, 11) is 1.64. The number of amides is 3. The lowest BCUT2D eigenvalue weighted by Gasteiger charge is -2.36. The molecular formula is C19H17N7O2S. The maximum atomic E-state index is 12.7. The van der Waals surface area contributed by atoms with Crippen molar-refractivity contribution in [1.82, 2.24) is 30.1 Å². The SMILES string of the molecule is CN1C(=O)NC(=O)C2C1N=C(Sc1nc3ncccc3[nH]1)N2Cc1ccccc1. The van der Waals surface area contributed by atoms with E-state index in [4.69, 9.17) is 4.99 Å². The highest BCUT2D eigenvalue weighted by Crippen LogP contribution is 2.32. The number of nitrogens with zero attached hydrogens (tertiary/aromatic N) is 5. The summed E-state index contributed by atoms with van der Waals surface area (Å²) in [5.41, 5.74) is 2.48. The number of rotatable bonds is 3. The minimum absolute atomic E-state index is 0.348. The monoisotopic (exact) mass is 407 g/mol. The quantitative estimate of drug-likeness (QED) is 0.686. The number of imidazole rings is 1. The first-order chi connectivity index (χ1) is 14.1. The lowest BCUT2D eigenvalue weighted by molar-refractivity contribution is -0.127. The Bertz CT molecular complexity index is 1100. The fourth-order valence-electron chi connectivity index (χ4n) is 3.49.